The molecule has 0 radical (unpaired) electrons. The summed E-state index contributed by atoms with van der Waals surface area (Å²) in [6, 6.07) is 0. The first-order valence-electron chi connectivity index (χ1n) is 3.88. The summed E-state index contributed by atoms with van der Waals surface area (Å²) in [6.07, 6.45) is -8.98. The van der Waals surface area contributed by atoms with Crippen molar-refractivity contribution in [1.82, 2.24) is 0 Å². The van der Waals surface area contributed by atoms with Crippen molar-refractivity contribution in [2.24, 2.45) is 0 Å². The lowest BCUT2D eigenvalue weighted by Crippen LogP contribution is -2.27. The molecule has 0 aliphatic carbocycles. The lowest BCUT2D eigenvalue weighted by atomic mass is 10.4. The molecular weight excluding hydrogens is 277 g/mol. The third kappa shape index (κ3) is 4.63. The van der Waals surface area contributed by atoms with Gasteiger partial charge in [-0.2, -0.15) is 30.0 Å². The Morgan fingerprint density at radius 2 is 1.38 bits per heavy atom. The van der Waals surface area contributed by atoms with E-state index < -0.39 is 50.6 Å². The van der Waals surface area contributed by atoms with Gasteiger partial charge in [-0.05, 0) is 0 Å². The number of hydrogen-bond acceptors (Lipinski definition) is 6. The van der Waals surface area contributed by atoms with E-state index in [-0.39, 0.29) is 0 Å². The van der Waals surface area contributed by atoms with Crippen LogP contribution in [0.25, 0.3) is 0 Å². The van der Waals surface area contributed by atoms with Gasteiger partial charge in [0.1, 0.15) is 0 Å². The van der Waals surface area contributed by atoms with Gasteiger partial charge in [0.2, 0.25) is 6.29 Å². The highest BCUT2D eigenvalue weighted by molar-refractivity contribution is 7.90. The van der Waals surface area contributed by atoms with Crippen molar-refractivity contribution < 1.29 is 38.4 Å². The van der Waals surface area contributed by atoms with Crippen molar-refractivity contribution in [3.05, 3.63) is 0 Å². The second-order valence-corrected chi connectivity index (χ2v) is 6.40. The summed E-state index contributed by atoms with van der Waals surface area (Å²) in [5, 5.41) is 0. The minimum Gasteiger partial charge on any atom is -0.236 e. The van der Waals surface area contributed by atoms with Gasteiger partial charge in [0, 0.05) is 0 Å². The second-order valence-electron chi connectivity index (χ2n) is 2.96. The van der Waals surface area contributed by atoms with Gasteiger partial charge in [0.15, 0.2) is 0 Å². The highest BCUT2D eigenvalue weighted by Crippen LogP contribution is 2.26. The number of alkyl halides is 3. The van der Waals surface area contributed by atoms with Crippen LogP contribution in [-0.4, -0.2) is 40.8 Å². The Balaban J connectivity index is 2.91. The molecule has 0 bridgehead atoms. The summed E-state index contributed by atoms with van der Waals surface area (Å²) in [6.45, 7) is 0. The first kappa shape index (κ1) is 13.7. The zero-order valence-electron chi connectivity index (χ0n) is 7.60. The number of rotatable bonds is 1. The molecule has 0 saturated carbocycles. The van der Waals surface area contributed by atoms with Gasteiger partial charge in [0.25, 0.3) is 20.2 Å². The average molecular weight is 284 g/mol. The summed E-state index contributed by atoms with van der Waals surface area (Å²) >= 11 is 0. The molecular formula is C5H7F3O6S2. The quantitative estimate of drug-likeness (QED) is 0.628. The van der Waals surface area contributed by atoms with Crippen LogP contribution in [-0.2, 0) is 28.6 Å². The summed E-state index contributed by atoms with van der Waals surface area (Å²) in [5.41, 5.74) is 0. The Kier molecular flexibility index (Phi) is 3.53. The molecule has 1 saturated heterocycles. The SMILES string of the molecule is O=S1(=O)CCS(=O)(=O)OC(CC(F)(F)F)O1. The van der Waals surface area contributed by atoms with E-state index >= 15 is 0 Å². The van der Waals surface area contributed by atoms with E-state index in [1.165, 1.54) is 0 Å². The molecule has 1 aliphatic rings. The van der Waals surface area contributed by atoms with Gasteiger partial charge in [-0.3, -0.25) is 0 Å². The lowest BCUT2D eigenvalue weighted by molar-refractivity contribution is -0.173. The van der Waals surface area contributed by atoms with E-state index in [4.69, 9.17) is 0 Å². The van der Waals surface area contributed by atoms with Gasteiger partial charge < -0.3 is 0 Å². The average Bonchev–Trinajstić information content (AvgIpc) is 2.03. The molecule has 0 spiro atoms. The van der Waals surface area contributed by atoms with E-state index in [1.54, 1.807) is 0 Å². The van der Waals surface area contributed by atoms with Crippen LogP contribution < -0.4 is 0 Å². The second kappa shape index (κ2) is 4.13. The fourth-order valence-corrected chi connectivity index (χ4v) is 3.64. The number of halogens is 3. The Bertz CT molecular complexity index is 413. The summed E-state index contributed by atoms with van der Waals surface area (Å²) in [5.74, 6) is -1.85. The first-order chi connectivity index (χ1) is 6.99. The molecule has 0 N–H and O–H groups in total. The monoisotopic (exact) mass is 284 g/mol. The minimum atomic E-state index is -4.79. The van der Waals surface area contributed by atoms with Crippen molar-refractivity contribution in [1.29, 1.82) is 0 Å². The summed E-state index contributed by atoms with van der Waals surface area (Å²) in [7, 11) is -8.63. The Hall–Kier alpha value is -0.390. The molecule has 1 heterocycles. The van der Waals surface area contributed by atoms with Crippen LogP contribution in [0.15, 0.2) is 0 Å². The maximum atomic E-state index is 11.9. The molecule has 1 fully saturated rings. The number of hydrogen-bond donors (Lipinski definition) is 0. The zero-order chi connectivity index (χ0) is 12.6. The molecule has 96 valence electrons. The molecule has 0 aromatic heterocycles. The standard InChI is InChI=1S/C5H7F3O6S2/c6-5(7,8)3-4-13-15(9,10)1-2-16(11,12)14-4/h4H,1-3H2. The lowest BCUT2D eigenvalue weighted by Gasteiger charge is -2.14. The Labute approximate surface area is 89.6 Å². The maximum Gasteiger partial charge on any atom is 0.394 e. The molecule has 0 amide bonds. The van der Waals surface area contributed by atoms with Gasteiger partial charge >= 0.3 is 6.18 Å². The van der Waals surface area contributed by atoms with Crippen LogP contribution in [0, 0.1) is 0 Å². The minimum absolute atomic E-state index is 0.927. The van der Waals surface area contributed by atoms with Crippen LogP contribution in [0.1, 0.15) is 6.42 Å². The first-order valence-corrected chi connectivity index (χ1v) is 7.03. The molecule has 0 aromatic rings. The summed E-state index contributed by atoms with van der Waals surface area (Å²) < 4.78 is 87.4. The highest BCUT2D eigenvalue weighted by atomic mass is 32.2. The normalized spacial score (nSPS) is 26.2. The van der Waals surface area contributed by atoms with Crippen molar-refractivity contribution in [2.45, 2.75) is 18.9 Å². The smallest absolute Gasteiger partial charge is 0.236 e. The van der Waals surface area contributed by atoms with E-state index in [2.05, 4.69) is 8.37 Å². The third-order valence-corrected chi connectivity index (χ3v) is 4.17. The molecule has 1 rings (SSSR count). The third-order valence-electron chi connectivity index (χ3n) is 1.49. The van der Waals surface area contributed by atoms with E-state index in [0.717, 1.165) is 0 Å². The maximum absolute atomic E-state index is 11.9. The van der Waals surface area contributed by atoms with Crippen LogP contribution in [0.3, 0.4) is 0 Å². The van der Waals surface area contributed by atoms with E-state index in [9.17, 15) is 30.0 Å². The van der Waals surface area contributed by atoms with Crippen molar-refractivity contribution in [2.75, 3.05) is 11.5 Å². The van der Waals surface area contributed by atoms with Crippen molar-refractivity contribution >= 4 is 20.2 Å². The Morgan fingerprint density at radius 3 is 1.69 bits per heavy atom. The van der Waals surface area contributed by atoms with Crippen LogP contribution >= 0.6 is 0 Å². The van der Waals surface area contributed by atoms with Crippen LogP contribution in [0.4, 0.5) is 13.2 Å². The molecule has 1 aliphatic heterocycles. The van der Waals surface area contributed by atoms with Crippen molar-refractivity contribution in [3.63, 3.8) is 0 Å². The Morgan fingerprint density at radius 1 is 1.00 bits per heavy atom. The van der Waals surface area contributed by atoms with Gasteiger partial charge in [-0.25, -0.2) is 8.37 Å². The van der Waals surface area contributed by atoms with E-state index in [0.29, 0.717) is 0 Å². The van der Waals surface area contributed by atoms with Gasteiger partial charge in [0.05, 0.1) is 17.9 Å². The van der Waals surface area contributed by atoms with Gasteiger partial charge in [-0.1, -0.05) is 0 Å². The van der Waals surface area contributed by atoms with E-state index in [1.807, 2.05) is 0 Å². The van der Waals surface area contributed by atoms with Crippen LogP contribution in [0.2, 0.25) is 0 Å². The van der Waals surface area contributed by atoms with Crippen molar-refractivity contribution in [3.8, 4) is 0 Å². The fourth-order valence-electron chi connectivity index (χ4n) is 0.900. The molecule has 11 heteroatoms. The largest absolute Gasteiger partial charge is 0.394 e. The molecule has 0 aromatic carbocycles. The predicted octanol–water partition coefficient (Wildman–Crippen LogP) is -0.0287. The van der Waals surface area contributed by atoms with Gasteiger partial charge in [-0.15, -0.1) is 0 Å². The summed E-state index contributed by atoms with van der Waals surface area (Å²) in [4.78, 5) is 0. The topological polar surface area (TPSA) is 86.7 Å². The highest BCUT2D eigenvalue weighted by Gasteiger charge is 2.40. The molecule has 16 heavy (non-hydrogen) atoms. The molecule has 0 atom stereocenters. The molecule has 0 unspecified atom stereocenters. The zero-order valence-corrected chi connectivity index (χ0v) is 9.23. The molecule has 6 nitrogen and oxygen atoms in total. The van der Waals surface area contributed by atoms with Crippen LogP contribution in [0.5, 0.6) is 0 Å². The fraction of sp³-hybridized carbons (Fsp3) is 1.00. The predicted molar refractivity (Wildman–Crippen MR) is 44.2 cm³/mol.